The fourth-order valence-corrected chi connectivity index (χ4v) is 0.684. The minimum absolute atomic E-state index is 0.0882. The van der Waals surface area contributed by atoms with Gasteiger partial charge in [0.25, 0.3) is 0 Å². The van der Waals surface area contributed by atoms with Crippen LogP contribution in [0.3, 0.4) is 0 Å². The molecule has 2 nitrogen and oxygen atoms in total. The summed E-state index contributed by atoms with van der Waals surface area (Å²) in [6, 6.07) is 3.47. The average Bonchev–Trinajstić information content (AvgIpc) is 2.37. The molecule has 0 bridgehead atoms. The maximum atomic E-state index is 8.51. The largest absolute Gasteiger partial charge is 0.468 e. The van der Waals surface area contributed by atoms with Crippen molar-refractivity contribution >= 4 is 11.6 Å². The van der Waals surface area contributed by atoms with Crippen molar-refractivity contribution in [2.75, 3.05) is 6.61 Å². The average molecular weight is 147 g/mol. The van der Waals surface area contributed by atoms with Crippen LogP contribution >= 0.6 is 11.6 Å². The van der Waals surface area contributed by atoms with Gasteiger partial charge in [-0.3, -0.25) is 0 Å². The van der Waals surface area contributed by atoms with Crippen LogP contribution in [0.2, 0.25) is 0 Å². The molecular formula is C6H7ClO2. The number of hydrogen-bond acceptors (Lipinski definition) is 2. The van der Waals surface area contributed by atoms with Crippen molar-refractivity contribution in [3.8, 4) is 0 Å². The van der Waals surface area contributed by atoms with Gasteiger partial charge in [-0.15, -0.1) is 11.6 Å². The molecule has 50 valence electrons. The Balaban J connectivity index is 2.65. The van der Waals surface area contributed by atoms with Gasteiger partial charge in [0.15, 0.2) is 0 Å². The Labute approximate surface area is 58.1 Å². The molecule has 0 spiro atoms. The van der Waals surface area contributed by atoms with E-state index in [1.807, 2.05) is 0 Å². The Morgan fingerprint density at radius 2 is 2.56 bits per heavy atom. The van der Waals surface area contributed by atoms with Crippen LogP contribution in [-0.2, 0) is 0 Å². The number of alkyl halides is 1. The SMILES string of the molecule is OC[C@@H](Cl)c1ccco1. The summed E-state index contributed by atoms with van der Waals surface area (Å²) in [5.74, 6) is 0.610. The minimum Gasteiger partial charge on any atom is -0.468 e. The van der Waals surface area contributed by atoms with E-state index in [1.165, 1.54) is 6.26 Å². The van der Waals surface area contributed by atoms with Gasteiger partial charge < -0.3 is 9.52 Å². The zero-order valence-corrected chi connectivity index (χ0v) is 5.51. The number of rotatable bonds is 2. The van der Waals surface area contributed by atoms with Crippen molar-refractivity contribution in [1.29, 1.82) is 0 Å². The van der Waals surface area contributed by atoms with Crippen molar-refractivity contribution in [3.05, 3.63) is 24.2 Å². The van der Waals surface area contributed by atoms with Crippen LogP contribution in [0.4, 0.5) is 0 Å². The number of hydrogen-bond donors (Lipinski definition) is 1. The van der Waals surface area contributed by atoms with Gasteiger partial charge >= 0.3 is 0 Å². The minimum atomic E-state index is -0.403. The lowest BCUT2D eigenvalue weighted by atomic mass is 10.3. The summed E-state index contributed by atoms with van der Waals surface area (Å²) in [6.07, 6.45) is 1.53. The van der Waals surface area contributed by atoms with Crippen LogP contribution in [0.15, 0.2) is 22.8 Å². The third-order valence-corrected chi connectivity index (χ3v) is 1.37. The van der Waals surface area contributed by atoms with E-state index >= 15 is 0 Å². The maximum Gasteiger partial charge on any atom is 0.123 e. The van der Waals surface area contributed by atoms with Gasteiger partial charge in [-0.05, 0) is 12.1 Å². The standard InChI is InChI=1S/C6H7ClO2/c7-5(4-8)6-2-1-3-9-6/h1-3,5,8H,4H2/t5-/m1/s1. The van der Waals surface area contributed by atoms with Gasteiger partial charge in [0, 0.05) is 0 Å². The number of aliphatic hydroxyl groups excluding tert-OH is 1. The van der Waals surface area contributed by atoms with Gasteiger partial charge in [0.2, 0.25) is 0 Å². The molecule has 1 aromatic rings. The fraction of sp³-hybridized carbons (Fsp3) is 0.333. The summed E-state index contributed by atoms with van der Waals surface area (Å²) < 4.78 is 4.89. The van der Waals surface area contributed by atoms with Crippen molar-refractivity contribution in [3.63, 3.8) is 0 Å². The molecule has 0 radical (unpaired) electrons. The van der Waals surface area contributed by atoms with E-state index < -0.39 is 5.38 Å². The highest BCUT2D eigenvalue weighted by molar-refractivity contribution is 6.20. The Morgan fingerprint density at radius 1 is 1.78 bits per heavy atom. The smallest absolute Gasteiger partial charge is 0.123 e. The first-order valence-electron chi connectivity index (χ1n) is 2.63. The van der Waals surface area contributed by atoms with E-state index in [4.69, 9.17) is 21.1 Å². The molecule has 0 aromatic carbocycles. The third-order valence-electron chi connectivity index (χ3n) is 1.01. The van der Waals surface area contributed by atoms with E-state index in [2.05, 4.69) is 0 Å². The van der Waals surface area contributed by atoms with E-state index in [9.17, 15) is 0 Å². The van der Waals surface area contributed by atoms with Gasteiger partial charge in [-0.25, -0.2) is 0 Å². The molecule has 0 saturated heterocycles. The Bertz CT molecular complexity index is 160. The Hall–Kier alpha value is -0.470. The summed E-state index contributed by atoms with van der Waals surface area (Å²) in [4.78, 5) is 0. The predicted octanol–water partition coefficient (Wildman–Crippen LogP) is 1.55. The van der Waals surface area contributed by atoms with Gasteiger partial charge in [0.1, 0.15) is 11.1 Å². The number of aliphatic hydroxyl groups is 1. The zero-order valence-electron chi connectivity index (χ0n) is 4.75. The molecule has 0 saturated carbocycles. The van der Waals surface area contributed by atoms with E-state index in [0.29, 0.717) is 5.76 Å². The van der Waals surface area contributed by atoms with Gasteiger partial charge in [0.05, 0.1) is 12.9 Å². The maximum absolute atomic E-state index is 8.51. The van der Waals surface area contributed by atoms with Gasteiger partial charge in [-0.2, -0.15) is 0 Å². The second-order valence-electron chi connectivity index (χ2n) is 1.67. The topological polar surface area (TPSA) is 33.4 Å². The molecule has 1 N–H and O–H groups in total. The zero-order chi connectivity index (χ0) is 6.69. The lowest BCUT2D eigenvalue weighted by Crippen LogP contribution is -1.92. The van der Waals surface area contributed by atoms with Crippen molar-refractivity contribution < 1.29 is 9.52 Å². The van der Waals surface area contributed by atoms with Crippen molar-refractivity contribution in [2.45, 2.75) is 5.38 Å². The molecule has 0 amide bonds. The van der Waals surface area contributed by atoms with E-state index in [-0.39, 0.29) is 6.61 Å². The lowest BCUT2D eigenvalue weighted by molar-refractivity contribution is 0.281. The highest BCUT2D eigenvalue weighted by atomic mass is 35.5. The fourth-order valence-electron chi connectivity index (χ4n) is 0.559. The van der Waals surface area contributed by atoms with Crippen LogP contribution in [0.5, 0.6) is 0 Å². The number of furan rings is 1. The monoisotopic (exact) mass is 146 g/mol. The number of halogens is 1. The quantitative estimate of drug-likeness (QED) is 0.643. The van der Waals surface area contributed by atoms with Crippen LogP contribution in [0, 0.1) is 0 Å². The van der Waals surface area contributed by atoms with Crippen LogP contribution in [0.1, 0.15) is 11.1 Å². The molecule has 1 heterocycles. The van der Waals surface area contributed by atoms with Crippen LogP contribution < -0.4 is 0 Å². The molecule has 9 heavy (non-hydrogen) atoms. The normalized spacial score (nSPS) is 13.6. The Morgan fingerprint density at radius 3 is 3.00 bits per heavy atom. The summed E-state index contributed by atoms with van der Waals surface area (Å²) in [7, 11) is 0. The molecule has 0 fully saturated rings. The van der Waals surface area contributed by atoms with Crippen molar-refractivity contribution in [2.24, 2.45) is 0 Å². The van der Waals surface area contributed by atoms with Crippen LogP contribution in [0.25, 0.3) is 0 Å². The highest BCUT2D eigenvalue weighted by Gasteiger charge is 2.07. The first-order chi connectivity index (χ1) is 4.34. The molecule has 0 unspecified atom stereocenters. The van der Waals surface area contributed by atoms with E-state index in [1.54, 1.807) is 12.1 Å². The Kier molecular flexibility index (Phi) is 2.14. The molecule has 1 rings (SSSR count). The summed E-state index contributed by atoms with van der Waals surface area (Å²) in [5, 5.41) is 8.11. The van der Waals surface area contributed by atoms with Gasteiger partial charge in [-0.1, -0.05) is 0 Å². The van der Waals surface area contributed by atoms with Crippen LogP contribution in [-0.4, -0.2) is 11.7 Å². The first-order valence-corrected chi connectivity index (χ1v) is 3.06. The second-order valence-corrected chi connectivity index (χ2v) is 2.19. The molecule has 1 aromatic heterocycles. The molecule has 0 aliphatic carbocycles. The lowest BCUT2D eigenvalue weighted by Gasteiger charge is -1.97. The summed E-state index contributed by atoms with van der Waals surface area (Å²) in [6.45, 7) is -0.0882. The molecule has 3 heteroatoms. The highest BCUT2D eigenvalue weighted by Crippen LogP contribution is 2.18. The first kappa shape index (κ1) is 6.65. The summed E-state index contributed by atoms with van der Waals surface area (Å²) >= 11 is 5.59. The molecule has 1 atom stereocenters. The van der Waals surface area contributed by atoms with E-state index in [0.717, 1.165) is 0 Å². The second kappa shape index (κ2) is 2.90. The predicted molar refractivity (Wildman–Crippen MR) is 34.4 cm³/mol. The molecular weight excluding hydrogens is 140 g/mol. The molecule has 0 aliphatic rings. The van der Waals surface area contributed by atoms with Crippen molar-refractivity contribution in [1.82, 2.24) is 0 Å². The summed E-state index contributed by atoms with van der Waals surface area (Å²) in [5.41, 5.74) is 0. The third kappa shape index (κ3) is 1.47. The molecule has 0 aliphatic heterocycles.